The highest BCUT2D eigenvalue weighted by molar-refractivity contribution is 6.30. The van der Waals surface area contributed by atoms with Crippen LogP contribution in [0.2, 0.25) is 5.02 Å². The molecular weight excluding hydrogens is 374 g/mol. The molecule has 1 fully saturated rings. The van der Waals surface area contributed by atoms with Gasteiger partial charge in [0.1, 0.15) is 5.52 Å². The lowest BCUT2D eigenvalue weighted by Gasteiger charge is -2.41. The van der Waals surface area contributed by atoms with Crippen LogP contribution in [0.25, 0.3) is 22.6 Å². The third-order valence-electron chi connectivity index (χ3n) is 5.46. The van der Waals surface area contributed by atoms with Crippen molar-refractivity contribution in [3.05, 3.63) is 53.1 Å². The van der Waals surface area contributed by atoms with E-state index >= 15 is 0 Å². The van der Waals surface area contributed by atoms with Crippen LogP contribution in [0.5, 0.6) is 0 Å². The fraction of sp³-hybridized carbons (Fsp3) is 0.364. The Morgan fingerprint density at radius 2 is 2.04 bits per heavy atom. The number of nitrogens with zero attached hydrogens (tertiary/aromatic N) is 3. The summed E-state index contributed by atoms with van der Waals surface area (Å²) in [6.07, 6.45) is 0. The Morgan fingerprint density at radius 1 is 1.21 bits per heavy atom. The fourth-order valence-corrected chi connectivity index (χ4v) is 3.98. The van der Waals surface area contributed by atoms with Gasteiger partial charge in [-0.3, -0.25) is 9.69 Å². The average molecular weight is 398 g/mol. The van der Waals surface area contributed by atoms with E-state index in [1.54, 1.807) is 0 Å². The van der Waals surface area contributed by atoms with Gasteiger partial charge in [-0.15, -0.1) is 0 Å². The zero-order valence-corrected chi connectivity index (χ0v) is 17.1. The van der Waals surface area contributed by atoms with Crippen molar-refractivity contribution in [1.29, 1.82) is 0 Å². The van der Waals surface area contributed by atoms with Crippen molar-refractivity contribution in [2.24, 2.45) is 5.92 Å². The van der Waals surface area contributed by atoms with Crippen molar-refractivity contribution < 1.29 is 9.21 Å². The lowest BCUT2D eigenvalue weighted by molar-refractivity contribution is 0.0465. The van der Waals surface area contributed by atoms with Crippen molar-refractivity contribution in [2.45, 2.75) is 19.9 Å². The molecule has 1 aromatic heterocycles. The van der Waals surface area contributed by atoms with Crippen molar-refractivity contribution in [1.82, 2.24) is 14.8 Å². The lowest BCUT2D eigenvalue weighted by atomic mass is 9.99. The molecule has 6 heteroatoms. The van der Waals surface area contributed by atoms with E-state index in [1.807, 2.05) is 47.4 Å². The molecule has 2 aromatic carbocycles. The van der Waals surface area contributed by atoms with Crippen LogP contribution in [0.1, 0.15) is 24.2 Å². The van der Waals surface area contributed by atoms with Crippen LogP contribution in [-0.2, 0) is 0 Å². The Hall–Kier alpha value is -2.37. The lowest BCUT2D eigenvalue weighted by Crippen LogP contribution is -2.55. The van der Waals surface area contributed by atoms with E-state index < -0.39 is 0 Å². The number of benzene rings is 2. The van der Waals surface area contributed by atoms with Crippen molar-refractivity contribution in [2.75, 3.05) is 26.7 Å². The van der Waals surface area contributed by atoms with Gasteiger partial charge < -0.3 is 9.32 Å². The molecule has 28 heavy (non-hydrogen) atoms. The summed E-state index contributed by atoms with van der Waals surface area (Å²) in [6, 6.07) is 13.2. The Kier molecular flexibility index (Phi) is 5.13. The first kappa shape index (κ1) is 19.0. The fourth-order valence-electron chi connectivity index (χ4n) is 3.79. The second kappa shape index (κ2) is 7.57. The Bertz CT molecular complexity index is 1010. The first-order valence-electron chi connectivity index (χ1n) is 9.58. The maximum absolute atomic E-state index is 13.1. The molecule has 1 aliphatic heterocycles. The normalized spacial score (nSPS) is 18.2. The van der Waals surface area contributed by atoms with Gasteiger partial charge in [0.05, 0.1) is 0 Å². The summed E-state index contributed by atoms with van der Waals surface area (Å²) < 4.78 is 5.85. The molecule has 1 unspecified atom stereocenters. The zero-order valence-electron chi connectivity index (χ0n) is 16.4. The third-order valence-corrected chi connectivity index (χ3v) is 5.69. The Balaban J connectivity index is 1.60. The molecule has 1 amide bonds. The van der Waals surface area contributed by atoms with Crippen LogP contribution in [0, 0.1) is 5.92 Å². The number of halogens is 1. The molecule has 3 aromatic rings. The molecule has 0 saturated carbocycles. The van der Waals surface area contributed by atoms with Crippen LogP contribution in [-0.4, -0.2) is 53.4 Å². The van der Waals surface area contributed by atoms with E-state index in [9.17, 15) is 4.79 Å². The van der Waals surface area contributed by atoms with Gasteiger partial charge in [-0.25, -0.2) is 4.98 Å². The number of hydrogen-bond acceptors (Lipinski definition) is 4. The molecule has 0 radical (unpaired) electrons. The van der Waals surface area contributed by atoms with Crippen LogP contribution in [0.3, 0.4) is 0 Å². The summed E-state index contributed by atoms with van der Waals surface area (Å²) in [5, 5.41) is 0.630. The summed E-state index contributed by atoms with van der Waals surface area (Å²) in [6.45, 7) is 6.78. The van der Waals surface area contributed by atoms with Crippen LogP contribution < -0.4 is 0 Å². The maximum atomic E-state index is 13.1. The minimum absolute atomic E-state index is 0.0490. The van der Waals surface area contributed by atoms with Gasteiger partial charge in [-0.1, -0.05) is 31.5 Å². The predicted molar refractivity (Wildman–Crippen MR) is 112 cm³/mol. The smallest absolute Gasteiger partial charge is 0.254 e. The van der Waals surface area contributed by atoms with E-state index in [0.29, 0.717) is 39.5 Å². The third kappa shape index (κ3) is 3.64. The summed E-state index contributed by atoms with van der Waals surface area (Å²) in [4.78, 5) is 21.9. The van der Waals surface area contributed by atoms with Gasteiger partial charge in [-0.05, 0) is 49.4 Å². The topological polar surface area (TPSA) is 49.6 Å². The van der Waals surface area contributed by atoms with Gasteiger partial charge in [0.25, 0.3) is 5.91 Å². The number of carbonyl (C=O) groups excluding carboxylic acids is 1. The maximum Gasteiger partial charge on any atom is 0.254 e. The van der Waals surface area contributed by atoms with Gasteiger partial charge in [-0.2, -0.15) is 0 Å². The molecule has 1 aliphatic rings. The first-order valence-corrected chi connectivity index (χ1v) is 9.96. The van der Waals surface area contributed by atoms with E-state index in [1.165, 1.54) is 0 Å². The van der Waals surface area contributed by atoms with E-state index in [2.05, 4.69) is 30.8 Å². The van der Waals surface area contributed by atoms with Gasteiger partial charge in [0.2, 0.25) is 5.89 Å². The van der Waals surface area contributed by atoms with Crippen LogP contribution >= 0.6 is 11.6 Å². The number of carbonyl (C=O) groups is 1. The average Bonchev–Trinajstić information content (AvgIpc) is 3.11. The number of likely N-dealkylation sites (N-methyl/N-ethyl adjacent to an activating group) is 1. The monoisotopic (exact) mass is 397 g/mol. The minimum Gasteiger partial charge on any atom is -0.436 e. The van der Waals surface area contributed by atoms with E-state index in [0.717, 1.165) is 25.2 Å². The van der Waals surface area contributed by atoms with Crippen molar-refractivity contribution in [3.63, 3.8) is 0 Å². The predicted octanol–water partition coefficient (Wildman–Crippen LogP) is 4.56. The molecule has 0 aliphatic carbocycles. The molecule has 2 heterocycles. The minimum atomic E-state index is 0.0490. The number of rotatable bonds is 3. The van der Waals surface area contributed by atoms with Gasteiger partial charge in [0, 0.05) is 41.8 Å². The summed E-state index contributed by atoms with van der Waals surface area (Å²) >= 11 is 6.07. The molecule has 146 valence electrons. The standard InChI is InChI=1S/C22H24ClN3O2/c1-14(2)19-13-26(10-9-25(19)3)22(27)16-7-8-20-18(12-16)24-21(28-20)15-5-4-6-17(23)11-15/h4-8,11-12,14,19H,9-10,13H2,1-3H3. The quantitative estimate of drug-likeness (QED) is 0.650. The molecule has 0 bridgehead atoms. The molecule has 4 rings (SSSR count). The van der Waals surface area contributed by atoms with Crippen LogP contribution in [0.4, 0.5) is 0 Å². The van der Waals surface area contributed by atoms with Crippen molar-refractivity contribution >= 4 is 28.6 Å². The highest BCUT2D eigenvalue weighted by atomic mass is 35.5. The second-order valence-electron chi connectivity index (χ2n) is 7.76. The van der Waals surface area contributed by atoms with E-state index in [4.69, 9.17) is 16.0 Å². The number of hydrogen-bond donors (Lipinski definition) is 0. The molecular formula is C22H24ClN3O2. The number of oxazole rings is 1. The van der Waals surface area contributed by atoms with Gasteiger partial charge in [0.15, 0.2) is 5.58 Å². The zero-order chi connectivity index (χ0) is 19.8. The first-order chi connectivity index (χ1) is 13.4. The van der Waals surface area contributed by atoms with Crippen LogP contribution in [0.15, 0.2) is 46.9 Å². The number of fused-ring (bicyclic) bond motifs is 1. The van der Waals surface area contributed by atoms with Gasteiger partial charge >= 0.3 is 0 Å². The van der Waals surface area contributed by atoms with E-state index in [-0.39, 0.29) is 5.91 Å². The highest BCUT2D eigenvalue weighted by Crippen LogP contribution is 2.27. The SMILES string of the molecule is CC(C)C1CN(C(=O)c2ccc3oc(-c4cccc(Cl)c4)nc3c2)CCN1C. The second-order valence-corrected chi connectivity index (χ2v) is 8.19. The largest absolute Gasteiger partial charge is 0.436 e. The summed E-state index contributed by atoms with van der Waals surface area (Å²) in [5.74, 6) is 1.05. The molecule has 1 atom stereocenters. The Labute approximate surface area is 169 Å². The molecule has 0 N–H and O–H groups in total. The number of piperazine rings is 1. The Morgan fingerprint density at radius 3 is 2.79 bits per heavy atom. The molecule has 5 nitrogen and oxygen atoms in total. The van der Waals surface area contributed by atoms with Crippen molar-refractivity contribution in [3.8, 4) is 11.5 Å². The summed E-state index contributed by atoms with van der Waals surface area (Å²) in [7, 11) is 2.13. The highest BCUT2D eigenvalue weighted by Gasteiger charge is 2.29. The summed E-state index contributed by atoms with van der Waals surface area (Å²) in [5.41, 5.74) is 2.79. The molecule has 1 saturated heterocycles. The number of amides is 1. The number of aromatic nitrogens is 1. The molecule has 0 spiro atoms.